The highest BCUT2D eigenvalue weighted by atomic mass is 127. The van der Waals surface area contributed by atoms with Gasteiger partial charge in [0.25, 0.3) is 0 Å². The maximum atomic E-state index is 12.9. The first-order valence-electron chi connectivity index (χ1n) is 9.50. The van der Waals surface area contributed by atoms with Gasteiger partial charge < -0.3 is 4.74 Å². The first-order chi connectivity index (χ1) is 14.3. The minimum Gasteiger partial charge on any atom is -0.448 e. The highest BCUT2D eigenvalue weighted by Crippen LogP contribution is 2.44. The van der Waals surface area contributed by atoms with Gasteiger partial charge in [-0.15, -0.1) is 0 Å². The van der Waals surface area contributed by atoms with Crippen LogP contribution in [-0.4, -0.2) is 24.1 Å². The molecule has 0 unspecified atom stereocenters. The van der Waals surface area contributed by atoms with E-state index in [0.717, 1.165) is 5.56 Å². The van der Waals surface area contributed by atoms with Gasteiger partial charge in [-0.1, -0.05) is 84.8 Å². The molecule has 0 aliphatic heterocycles. The van der Waals surface area contributed by atoms with E-state index in [-0.39, 0.29) is 12.0 Å². The molecule has 0 bridgehead atoms. The van der Waals surface area contributed by atoms with Gasteiger partial charge in [0, 0.05) is 35.1 Å². The smallest absolute Gasteiger partial charge is 0.410 e. The van der Waals surface area contributed by atoms with E-state index in [1.54, 1.807) is 4.90 Å². The van der Waals surface area contributed by atoms with Crippen molar-refractivity contribution in [2.45, 2.75) is 12.5 Å². The van der Waals surface area contributed by atoms with E-state index in [1.807, 2.05) is 77.2 Å². The van der Waals surface area contributed by atoms with E-state index in [9.17, 15) is 4.79 Å². The third kappa shape index (κ3) is 4.30. The van der Waals surface area contributed by atoms with Crippen LogP contribution in [0.2, 0.25) is 0 Å². The lowest BCUT2D eigenvalue weighted by Crippen LogP contribution is -2.32. The molecule has 0 fully saturated rings. The number of hydrogen-bond acceptors (Lipinski definition) is 2. The Kier molecular flexibility index (Phi) is 6.16. The molecule has 1 amide bonds. The normalized spacial score (nSPS) is 11.8. The molecular formula is C25H20INO2. The molecule has 0 N–H and O–H groups in total. The fourth-order valence-corrected chi connectivity index (χ4v) is 3.97. The van der Waals surface area contributed by atoms with E-state index in [2.05, 4.69) is 34.1 Å². The summed E-state index contributed by atoms with van der Waals surface area (Å²) in [5.41, 5.74) is 5.92. The second-order valence-electron chi connectivity index (χ2n) is 6.92. The summed E-state index contributed by atoms with van der Waals surface area (Å²) in [5.74, 6) is 3.03. The number of ether oxygens (including phenoxy) is 1. The molecule has 1 aliphatic carbocycles. The molecule has 0 radical (unpaired) electrons. The van der Waals surface area contributed by atoms with Gasteiger partial charge in [0.1, 0.15) is 6.61 Å². The lowest BCUT2D eigenvalue weighted by molar-refractivity contribution is 0.102. The van der Waals surface area contributed by atoms with E-state index < -0.39 is 0 Å². The van der Waals surface area contributed by atoms with Crippen molar-refractivity contribution in [1.29, 1.82) is 0 Å². The minimum absolute atomic E-state index is 0.0561. The zero-order chi connectivity index (χ0) is 20.1. The number of carbonyl (C=O) groups excluding carboxylic acids is 1. The number of carbonyl (C=O) groups is 1. The van der Waals surface area contributed by atoms with Crippen LogP contribution in [-0.2, 0) is 11.3 Å². The zero-order valence-corrected chi connectivity index (χ0v) is 18.0. The number of hydrogen-bond donors (Lipinski definition) is 0. The highest BCUT2D eigenvalue weighted by Gasteiger charge is 2.29. The predicted molar refractivity (Wildman–Crippen MR) is 124 cm³/mol. The maximum Gasteiger partial charge on any atom is 0.410 e. The molecule has 3 nitrogen and oxygen atoms in total. The summed E-state index contributed by atoms with van der Waals surface area (Å²) in [6.07, 6.45) is -0.338. The Morgan fingerprint density at radius 1 is 0.897 bits per heavy atom. The number of amides is 1. The van der Waals surface area contributed by atoms with Gasteiger partial charge in [-0.3, -0.25) is 4.90 Å². The van der Waals surface area contributed by atoms with Gasteiger partial charge in [0.2, 0.25) is 0 Å². The molecule has 4 heteroatoms. The van der Waals surface area contributed by atoms with Crippen LogP contribution in [0.1, 0.15) is 22.6 Å². The average Bonchev–Trinajstić information content (AvgIpc) is 3.09. The Balaban J connectivity index is 1.51. The van der Waals surface area contributed by atoms with E-state index in [1.165, 1.54) is 22.3 Å². The van der Waals surface area contributed by atoms with Crippen LogP contribution in [0, 0.1) is 9.85 Å². The SMILES string of the molecule is O=C(OCC1c2ccccc2-c2ccccc21)N(CC#CI)Cc1ccccc1. The molecular weight excluding hydrogens is 473 g/mol. The Labute approximate surface area is 184 Å². The van der Waals surface area contributed by atoms with Crippen LogP contribution < -0.4 is 0 Å². The van der Waals surface area contributed by atoms with Crippen molar-refractivity contribution < 1.29 is 9.53 Å². The summed E-state index contributed by atoms with van der Waals surface area (Å²) < 4.78 is 8.62. The highest BCUT2D eigenvalue weighted by molar-refractivity contribution is 14.1. The third-order valence-electron chi connectivity index (χ3n) is 5.15. The summed E-state index contributed by atoms with van der Waals surface area (Å²) in [6.45, 7) is 1.13. The van der Waals surface area contributed by atoms with Crippen molar-refractivity contribution in [1.82, 2.24) is 4.90 Å². The molecule has 3 aromatic carbocycles. The molecule has 0 spiro atoms. The second-order valence-corrected chi connectivity index (χ2v) is 7.46. The van der Waals surface area contributed by atoms with E-state index >= 15 is 0 Å². The molecule has 3 aromatic rings. The molecule has 144 valence electrons. The third-order valence-corrected chi connectivity index (χ3v) is 5.53. The lowest BCUT2D eigenvalue weighted by Gasteiger charge is -2.22. The number of fused-ring (bicyclic) bond motifs is 3. The lowest BCUT2D eigenvalue weighted by atomic mass is 9.98. The van der Waals surface area contributed by atoms with Gasteiger partial charge in [-0.05, 0) is 31.7 Å². The minimum atomic E-state index is -0.338. The van der Waals surface area contributed by atoms with Crippen LogP contribution in [0.15, 0.2) is 78.9 Å². The molecule has 4 rings (SSSR count). The van der Waals surface area contributed by atoms with Crippen LogP contribution in [0.5, 0.6) is 0 Å². The molecule has 0 atom stereocenters. The van der Waals surface area contributed by atoms with Gasteiger partial charge in [0.15, 0.2) is 0 Å². The van der Waals surface area contributed by atoms with Crippen LogP contribution >= 0.6 is 22.6 Å². The summed E-state index contributed by atoms with van der Waals surface area (Å²) in [5, 5.41) is 0. The van der Waals surface area contributed by atoms with Crippen LogP contribution in [0.25, 0.3) is 11.1 Å². The van der Waals surface area contributed by atoms with Crippen molar-refractivity contribution in [3.8, 4) is 21.0 Å². The van der Waals surface area contributed by atoms with Gasteiger partial charge in [-0.2, -0.15) is 0 Å². The van der Waals surface area contributed by atoms with Gasteiger partial charge >= 0.3 is 6.09 Å². The molecule has 0 aromatic heterocycles. The zero-order valence-electron chi connectivity index (χ0n) is 15.8. The van der Waals surface area contributed by atoms with Gasteiger partial charge in [0.05, 0.1) is 6.54 Å². The predicted octanol–water partition coefficient (Wildman–Crippen LogP) is 5.83. The molecule has 0 saturated heterocycles. The van der Waals surface area contributed by atoms with Gasteiger partial charge in [-0.25, -0.2) is 4.79 Å². The first-order valence-corrected chi connectivity index (χ1v) is 10.6. The molecule has 29 heavy (non-hydrogen) atoms. The summed E-state index contributed by atoms with van der Waals surface area (Å²) >= 11 is 1.99. The molecule has 0 heterocycles. The van der Waals surface area contributed by atoms with Crippen molar-refractivity contribution in [3.63, 3.8) is 0 Å². The fourth-order valence-electron chi connectivity index (χ4n) is 3.80. The second kappa shape index (κ2) is 9.15. The summed E-state index contributed by atoms with van der Waals surface area (Å²) in [6, 6.07) is 26.6. The Bertz CT molecular complexity index is 1020. The topological polar surface area (TPSA) is 29.5 Å². The Morgan fingerprint density at radius 2 is 1.48 bits per heavy atom. The summed E-state index contributed by atoms with van der Waals surface area (Å²) in [7, 11) is 0. The largest absolute Gasteiger partial charge is 0.448 e. The number of rotatable bonds is 5. The number of nitrogens with zero attached hydrogens (tertiary/aromatic N) is 1. The Morgan fingerprint density at radius 3 is 2.10 bits per heavy atom. The maximum absolute atomic E-state index is 12.9. The van der Waals surface area contributed by atoms with Crippen molar-refractivity contribution >= 4 is 28.7 Å². The van der Waals surface area contributed by atoms with Crippen molar-refractivity contribution in [2.75, 3.05) is 13.2 Å². The monoisotopic (exact) mass is 493 g/mol. The summed E-state index contributed by atoms with van der Waals surface area (Å²) in [4.78, 5) is 14.5. The quantitative estimate of drug-likeness (QED) is 0.331. The average molecular weight is 493 g/mol. The molecule has 1 aliphatic rings. The Hall–Kier alpha value is -2.78. The van der Waals surface area contributed by atoms with E-state index in [4.69, 9.17) is 4.74 Å². The standard InChI is InChI=1S/C25H20INO2/c26-15-8-16-27(17-19-9-2-1-3-10-19)25(28)29-18-24-22-13-6-4-11-20(22)21-12-5-7-14-23(21)24/h1-7,9-14,24H,16-18H2. The van der Waals surface area contributed by atoms with Crippen LogP contribution in [0.3, 0.4) is 0 Å². The van der Waals surface area contributed by atoms with E-state index in [0.29, 0.717) is 19.7 Å². The number of benzene rings is 3. The van der Waals surface area contributed by atoms with Crippen LogP contribution in [0.4, 0.5) is 4.79 Å². The first kappa shape index (κ1) is 19.5. The molecule has 0 saturated carbocycles. The van der Waals surface area contributed by atoms with Crippen molar-refractivity contribution in [2.24, 2.45) is 0 Å². The van der Waals surface area contributed by atoms with Crippen molar-refractivity contribution in [3.05, 3.63) is 95.6 Å². The number of halogens is 1. The fraction of sp³-hybridized carbons (Fsp3) is 0.160.